The highest BCUT2D eigenvalue weighted by Gasteiger charge is 2.30. The first kappa shape index (κ1) is 23.5. The van der Waals surface area contributed by atoms with Crippen LogP contribution in [0.4, 0.5) is 13.2 Å². The molecule has 1 heterocycles. The Balaban J connectivity index is 0.000000480. The van der Waals surface area contributed by atoms with E-state index < -0.39 is 17.7 Å². The van der Waals surface area contributed by atoms with Crippen LogP contribution in [0.3, 0.4) is 0 Å². The van der Waals surface area contributed by atoms with E-state index in [9.17, 15) is 22.8 Å². The van der Waals surface area contributed by atoms with Crippen molar-refractivity contribution in [2.24, 2.45) is 7.05 Å². The number of carbonyl (C=O) groups excluding carboxylic acids is 1. The second-order valence-corrected chi connectivity index (χ2v) is 6.48. The number of carbonyl (C=O) groups is 2. The number of alkyl halides is 3. The molecule has 0 aliphatic heterocycles. The molecule has 2 aromatic rings. The summed E-state index contributed by atoms with van der Waals surface area (Å²) in [5.41, 5.74) is 1.88. The van der Waals surface area contributed by atoms with Crippen molar-refractivity contribution >= 4 is 11.8 Å². The Morgan fingerprint density at radius 3 is 2.04 bits per heavy atom. The number of ketones is 1. The first-order chi connectivity index (χ1) is 13.0. The minimum Gasteiger partial charge on any atom is -0.481 e. The highest BCUT2D eigenvalue weighted by atomic mass is 19.4. The molecule has 154 valence electrons. The van der Waals surface area contributed by atoms with Crippen LogP contribution in [-0.4, -0.2) is 21.4 Å². The molecule has 28 heavy (non-hydrogen) atoms. The molecule has 1 aromatic heterocycles. The normalized spacial score (nSPS) is 11.0. The summed E-state index contributed by atoms with van der Waals surface area (Å²) in [5.74, 6) is -0.953. The van der Waals surface area contributed by atoms with Crippen LogP contribution in [0.15, 0.2) is 30.3 Å². The third kappa shape index (κ3) is 6.25. The highest BCUT2D eigenvalue weighted by molar-refractivity contribution is 6.09. The Labute approximate surface area is 163 Å². The third-order valence-corrected chi connectivity index (χ3v) is 4.32. The van der Waals surface area contributed by atoms with Crippen molar-refractivity contribution in [3.63, 3.8) is 0 Å². The van der Waals surface area contributed by atoms with Gasteiger partial charge in [-0.2, -0.15) is 13.2 Å². The van der Waals surface area contributed by atoms with Crippen LogP contribution in [0.5, 0.6) is 0 Å². The Morgan fingerprint density at radius 1 is 1.11 bits per heavy atom. The molecule has 0 atom stereocenters. The Bertz CT molecular complexity index is 806. The smallest absolute Gasteiger partial charge is 0.416 e. The van der Waals surface area contributed by atoms with Gasteiger partial charge in [-0.05, 0) is 43.5 Å². The van der Waals surface area contributed by atoms with Gasteiger partial charge in [-0.1, -0.05) is 32.4 Å². The molecule has 1 aromatic carbocycles. The Hall–Kier alpha value is -2.57. The van der Waals surface area contributed by atoms with Gasteiger partial charge in [-0.25, -0.2) is 0 Å². The third-order valence-electron chi connectivity index (χ3n) is 4.32. The van der Waals surface area contributed by atoms with E-state index in [-0.39, 0.29) is 11.3 Å². The van der Waals surface area contributed by atoms with Crippen LogP contribution in [0.1, 0.15) is 66.0 Å². The summed E-state index contributed by atoms with van der Waals surface area (Å²) < 4.78 is 39.4. The van der Waals surface area contributed by atoms with E-state index in [0.717, 1.165) is 42.7 Å². The minimum atomic E-state index is -4.39. The summed E-state index contributed by atoms with van der Waals surface area (Å²) >= 11 is 0. The van der Waals surface area contributed by atoms with Crippen molar-refractivity contribution in [3.8, 4) is 0 Å². The lowest BCUT2D eigenvalue weighted by molar-refractivity contribution is -0.138. The Kier molecular flexibility index (Phi) is 8.47. The maximum absolute atomic E-state index is 12.5. The fourth-order valence-corrected chi connectivity index (χ4v) is 2.77. The monoisotopic (exact) mass is 397 g/mol. The van der Waals surface area contributed by atoms with Crippen molar-refractivity contribution in [1.29, 1.82) is 0 Å². The molecule has 0 radical (unpaired) electrons. The lowest BCUT2D eigenvalue weighted by Crippen LogP contribution is -2.11. The van der Waals surface area contributed by atoms with Crippen molar-refractivity contribution < 1.29 is 27.9 Å². The van der Waals surface area contributed by atoms with E-state index in [1.807, 2.05) is 26.8 Å². The lowest BCUT2D eigenvalue weighted by atomic mass is 10.0. The molecule has 0 bridgehead atoms. The molecule has 0 unspecified atom stereocenters. The Morgan fingerprint density at radius 2 is 1.68 bits per heavy atom. The average molecular weight is 397 g/mol. The van der Waals surface area contributed by atoms with Crippen LogP contribution in [-0.2, 0) is 24.4 Å². The topological polar surface area (TPSA) is 59.3 Å². The SMILES string of the molecule is CCCCC(=O)O.CCc1cc(C)c(C(=O)c2ccc(C(F)(F)F)cc2)n1C. The summed E-state index contributed by atoms with van der Waals surface area (Å²) in [6.45, 7) is 5.79. The van der Waals surface area contributed by atoms with Crippen molar-refractivity contribution in [3.05, 3.63) is 58.4 Å². The van der Waals surface area contributed by atoms with Crippen molar-refractivity contribution in [2.75, 3.05) is 0 Å². The van der Waals surface area contributed by atoms with Crippen LogP contribution in [0.25, 0.3) is 0 Å². The van der Waals surface area contributed by atoms with Crippen LogP contribution in [0, 0.1) is 6.92 Å². The van der Waals surface area contributed by atoms with Gasteiger partial charge >= 0.3 is 12.1 Å². The van der Waals surface area contributed by atoms with E-state index in [1.165, 1.54) is 12.1 Å². The van der Waals surface area contributed by atoms with Crippen LogP contribution in [0.2, 0.25) is 0 Å². The maximum atomic E-state index is 12.5. The molecule has 2 rings (SSSR count). The molecule has 0 saturated heterocycles. The number of halogens is 3. The summed E-state index contributed by atoms with van der Waals surface area (Å²) in [5, 5.41) is 8.04. The van der Waals surface area contributed by atoms with E-state index in [1.54, 1.807) is 11.6 Å². The summed E-state index contributed by atoms with van der Waals surface area (Å²) in [4.78, 5) is 22.2. The first-order valence-corrected chi connectivity index (χ1v) is 9.11. The average Bonchev–Trinajstić information content (AvgIpc) is 2.92. The van der Waals surface area contributed by atoms with Gasteiger partial charge in [0.05, 0.1) is 11.3 Å². The molecule has 0 spiro atoms. The maximum Gasteiger partial charge on any atom is 0.416 e. The quantitative estimate of drug-likeness (QED) is 0.664. The summed E-state index contributed by atoms with van der Waals surface area (Å²) in [6, 6.07) is 6.25. The number of hydrogen-bond donors (Lipinski definition) is 1. The fourth-order valence-electron chi connectivity index (χ4n) is 2.77. The van der Waals surface area contributed by atoms with Crippen LogP contribution < -0.4 is 0 Å². The molecular weight excluding hydrogens is 371 g/mol. The van der Waals surface area contributed by atoms with Crippen molar-refractivity contribution in [2.45, 2.75) is 52.6 Å². The second kappa shape index (κ2) is 10.1. The molecule has 7 heteroatoms. The predicted molar refractivity (Wildman–Crippen MR) is 102 cm³/mol. The second-order valence-electron chi connectivity index (χ2n) is 6.48. The van der Waals surface area contributed by atoms with E-state index in [4.69, 9.17) is 5.11 Å². The molecule has 0 amide bonds. The molecule has 4 nitrogen and oxygen atoms in total. The van der Waals surface area contributed by atoms with Crippen LogP contribution >= 0.6 is 0 Å². The number of carboxylic acid groups (broad SMARTS) is 1. The fraction of sp³-hybridized carbons (Fsp3) is 0.429. The highest BCUT2D eigenvalue weighted by Crippen LogP contribution is 2.29. The number of carboxylic acids is 1. The van der Waals surface area contributed by atoms with Gasteiger partial charge in [0.25, 0.3) is 0 Å². The molecule has 0 aliphatic carbocycles. The largest absolute Gasteiger partial charge is 0.481 e. The number of aromatic nitrogens is 1. The van der Waals surface area contributed by atoms with Gasteiger partial charge in [-0.15, -0.1) is 0 Å². The number of aliphatic carboxylic acids is 1. The van der Waals surface area contributed by atoms with Gasteiger partial charge in [-0.3, -0.25) is 9.59 Å². The van der Waals surface area contributed by atoms with E-state index >= 15 is 0 Å². The standard InChI is InChI=1S/C16H16F3NO.C5H10O2/c1-4-13-9-10(2)14(20(13)3)15(21)11-5-7-12(8-6-11)16(17,18)19;1-2-3-4-5(6)7/h5-9H,4H2,1-3H3;2-4H2,1H3,(H,6,7). The number of benzene rings is 1. The number of aryl methyl sites for hydroxylation is 2. The predicted octanol–water partition coefficient (Wildman–Crippen LogP) is 5.41. The van der Waals surface area contributed by atoms with Gasteiger partial charge in [0.1, 0.15) is 0 Å². The molecule has 0 saturated carbocycles. The van der Waals surface area contributed by atoms with E-state index in [0.29, 0.717) is 12.1 Å². The zero-order valence-electron chi connectivity index (χ0n) is 16.6. The van der Waals surface area contributed by atoms with E-state index in [2.05, 4.69) is 0 Å². The van der Waals surface area contributed by atoms with Gasteiger partial charge in [0, 0.05) is 24.7 Å². The summed E-state index contributed by atoms with van der Waals surface area (Å²) in [6.07, 6.45) is -1.52. The zero-order chi connectivity index (χ0) is 21.5. The number of rotatable bonds is 6. The van der Waals surface area contributed by atoms with Crippen molar-refractivity contribution in [1.82, 2.24) is 4.57 Å². The number of hydrogen-bond acceptors (Lipinski definition) is 2. The lowest BCUT2D eigenvalue weighted by Gasteiger charge is -2.09. The molecular formula is C21H26F3NO3. The molecule has 1 N–H and O–H groups in total. The van der Waals surface area contributed by atoms with Gasteiger partial charge in [0.2, 0.25) is 5.78 Å². The summed E-state index contributed by atoms with van der Waals surface area (Å²) in [7, 11) is 1.79. The van der Waals surface area contributed by atoms with Gasteiger partial charge in [0.15, 0.2) is 0 Å². The number of nitrogens with zero attached hydrogens (tertiary/aromatic N) is 1. The van der Waals surface area contributed by atoms with Gasteiger partial charge < -0.3 is 9.67 Å². The number of unbranched alkanes of at least 4 members (excludes halogenated alkanes) is 1. The first-order valence-electron chi connectivity index (χ1n) is 9.11. The minimum absolute atomic E-state index is 0.259. The zero-order valence-corrected chi connectivity index (χ0v) is 16.6. The molecule has 0 aliphatic rings. The molecule has 0 fully saturated rings.